The second-order valence-corrected chi connectivity index (χ2v) is 8.37. The number of ether oxygens (including phenoxy) is 1. The van der Waals surface area contributed by atoms with E-state index in [1.54, 1.807) is 25.1 Å². The number of carbonyl (C=O) groups excluding carboxylic acids is 2. The number of benzene rings is 2. The summed E-state index contributed by atoms with van der Waals surface area (Å²) in [5.74, 6) is -0.914. The lowest BCUT2D eigenvalue weighted by atomic mass is 9.92. The zero-order valence-corrected chi connectivity index (χ0v) is 18.5. The van der Waals surface area contributed by atoms with Crippen molar-refractivity contribution in [3.05, 3.63) is 63.6 Å². The van der Waals surface area contributed by atoms with E-state index in [1.807, 2.05) is 12.1 Å². The van der Waals surface area contributed by atoms with Crippen LogP contribution in [0.5, 0.6) is 0 Å². The number of imidazole rings is 1. The Morgan fingerprint density at radius 1 is 1.12 bits per heavy atom. The van der Waals surface area contributed by atoms with E-state index in [4.69, 9.17) is 4.74 Å². The van der Waals surface area contributed by atoms with Crippen LogP contribution < -0.4 is 4.90 Å². The van der Waals surface area contributed by atoms with Gasteiger partial charge in [0.25, 0.3) is 11.8 Å². The zero-order chi connectivity index (χ0) is 24.0. The number of carbonyl (C=O) groups is 2. The Hall–Kier alpha value is -3.83. The van der Waals surface area contributed by atoms with E-state index >= 15 is 0 Å². The fourth-order valence-electron chi connectivity index (χ4n) is 4.68. The minimum atomic E-state index is -1.21. The molecule has 0 bridgehead atoms. The van der Waals surface area contributed by atoms with Crippen molar-refractivity contribution in [3.63, 3.8) is 0 Å². The van der Waals surface area contributed by atoms with Crippen molar-refractivity contribution in [2.45, 2.75) is 19.6 Å². The first kappa shape index (κ1) is 22.0. The average Bonchev–Trinajstić information content (AvgIpc) is 3.20. The normalized spacial score (nSPS) is 16.9. The standard InChI is InChI=1S/C23H23N5O6/c1-14-24-11-20(28(32)33)26(14)12-15(29)13-27-22(30)17-4-2-3-16-19(25-7-9-34-10-8-25)6-5-18(21(16)17)23(27)31/h2-6,11,15,29H,7-10,12-13H2,1H3. The predicted octanol–water partition coefficient (Wildman–Crippen LogP) is 1.75. The van der Waals surface area contributed by atoms with Crippen LogP contribution in [0.25, 0.3) is 10.8 Å². The number of rotatable bonds is 6. The number of nitrogens with zero attached hydrogens (tertiary/aromatic N) is 5. The van der Waals surface area contributed by atoms with Crippen LogP contribution in [0, 0.1) is 17.0 Å². The molecule has 1 unspecified atom stereocenters. The van der Waals surface area contributed by atoms with Gasteiger partial charge in [-0.1, -0.05) is 12.1 Å². The summed E-state index contributed by atoms with van der Waals surface area (Å²) < 4.78 is 6.70. The Kier molecular flexibility index (Phi) is 5.50. The molecule has 0 saturated carbocycles. The molecule has 1 N–H and O–H groups in total. The molecule has 2 aromatic carbocycles. The molecule has 1 saturated heterocycles. The van der Waals surface area contributed by atoms with Gasteiger partial charge in [-0.15, -0.1) is 0 Å². The minimum absolute atomic E-state index is 0.174. The number of aliphatic hydroxyl groups excluding tert-OH is 1. The summed E-state index contributed by atoms with van der Waals surface area (Å²) in [7, 11) is 0. The van der Waals surface area contributed by atoms with E-state index in [1.165, 1.54) is 4.57 Å². The third kappa shape index (κ3) is 3.58. The van der Waals surface area contributed by atoms with Crippen LogP contribution in [0.3, 0.4) is 0 Å². The average molecular weight is 465 g/mol. The largest absolute Gasteiger partial charge is 0.387 e. The smallest absolute Gasteiger partial charge is 0.342 e. The molecule has 34 heavy (non-hydrogen) atoms. The maximum atomic E-state index is 13.3. The SMILES string of the molecule is Cc1ncc([N+](=O)[O-])n1CC(O)CN1C(=O)c2cccc3c(N4CCOCC4)ccc(c23)C1=O. The quantitative estimate of drug-likeness (QED) is 0.331. The molecular weight excluding hydrogens is 442 g/mol. The summed E-state index contributed by atoms with van der Waals surface area (Å²) in [6.07, 6.45) is -0.102. The fourth-order valence-corrected chi connectivity index (χ4v) is 4.68. The van der Waals surface area contributed by atoms with E-state index in [0.717, 1.165) is 35.3 Å². The molecule has 1 fully saturated rings. The third-order valence-corrected chi connectivity index (χ3v) is 6.33. The summed E-state index contributed by atoms with van der Waals surface area (Å²) in [6.45, 7) is 3.78. The molecule has 176 valence electrons. The van der Waals surface area contributed by atoms with E-state index in [-0.39, 0.29) is 18.9 Å². The second-order valence-electron chi connectivity index (χ2n) is 8.37. The zero-order valence-electron chi connectivity index (χ0n) is 18.5. The number of hydrogen-bond donors (Lipinski definition) is 1. The summed E-state index contributed by atoms with van der Waals surface area (Å²) in [4.78, 5) is 44.4. The number of imide groups is 1. The van der Waals surface area contributed by atoms with Gasteiger partial charge in [0, 0.05) is 47.6 Å². The number of anilines is 1. The van der Waals surface area contributed by atoms with Crippen LogP contribution in [0.15, 0.2) is 36.5 Å². The maximum absolute atomic E-state index is 13.3. The minimum Gasteiger partial charge on any atom is -0.387 e. The number of aromatic nitrogens is 2. The van der Waals surface area contributed by atoms with Gasteiger partial charge in [0.2, 0.25) is 0 Å². The predicted molar refractivity (Wildman–Crippen MR) is 122 cm³/mol. The van der Waals surface area contributed by atoms with Crippen LogP contribution in [0.4, 0.5) is 11.5 Å². The van der Waals surface area contributed by atoms with Crippen molar-refractivity contribution in [3.8, 4) is 0 Å². The second kappa shape index (κ2) is 8.50. The van der Waals surface area contributed by atoms with E-state index < -0.39 is 22.8 Å². The van der Waals surface area contributed by atoms with Crippen LogP contribution in [0.2, 0.25) is 0 Å². The number of β-amino-alcohol motifs (C(OH)–C–C–N with tert-alkyl or cyclic N) is 1. The molecule has 2 aliphatic heterocycles. The number of morpholine rings is 1. The molecule has 11 nitrogen and oxygen atoms in total. The molecule has 3 heterocycles. The number of aryl methyl sites for hydroxylation is 1. The van der Waals surface area contributed by atoms with Gasteiger partial charge >= 0.3 is 5.82 Å². The molecule has 0 spiro atoms. The van der Waals surface area contributed by atoms with E-state index in [2.05, 4.69) is 9.88 Å². The van der Waals surface area contributed by atoms with Gasteiger partial charge in [-0.2, -0.15) is 0 Å². The Bertz CT molecular complexity index is 1290. The molecule has 1 aromatic heterocycles. The summed E-state index contributed by atoms with van der Waals surface area (Å²) in [5.41, 5.74) is 1.72. The van der Waals surface area contributed by atoms with Crippen molar-refractivity contribution in [2.75, 3.05) is 37.7 Å². The number of amides is 2. The first-order valence-electron chi connectivity index (χ1n) is 11.0. The van der Waals surface area contributed by atoms with E-state index in [0.29, 0.717) is 35.6 Å². The van der Waals surface area contributed by atoms with Crippen LogP contribution >= 0.6 is 0 Å². The number of nitro groups is 1. The lowest BCUT2D eigenvalue weighted by Crippen LogP contribution is -2.45. The highest BCUT2D eigenvalue weighted by molar-refractivity contribution is 6.26. The van der Waals surface area contributed by atoms with Gasteiger partial charge in [-0.3, -0.25) is 14.5 Å². The summed E-state index contributed by atoms with van der Waals surface area (Å²) in [6, 6.07) is 8.96. The molecule has 3 aromatic rings. The summed E-state index contributed by atoms with van der Waals surface area (Å²) >= 11 is 0. The molecule has 5 rings (SSSR count). The molecular formula is C23H23N5O6. The topological polar surface area (TPSA) is 131 Å². The Morgan fingerprint density at radius 2 is 1.82 bits per heavy atom. The Morgan fingerprint density at radius 3 is 2.53 bits per heavy atom. The van der Waals surface area contributed by atoms with Gasteiger partial charge < -0.3 is 24.9 Å². The lowest BCUT2D eigenvalue weighted by Gasteiger charge is -2.32. The summed E-state index contributed by atoms with van der Waals surface area (Å²) in [5, 5.41) is 23.3. The van der Waals surface area contributed by atoms with Crippen molar-refractivity contribution in [1.29, 1.82) is 0 Å². The van der Waals surface area contributed by atoms with Crippen LogP contribution in [0.1, 0.15) is 26.5 Å². The van der Waals surface area contributed by atoms with Crippen LogP contribution in [-0.4, -0.2) is 75.2 Å². The van der Waals surface area contributed by atoms with Gasteiger partial charge in [0.1, 0.15) is 18.8 Å². The van der Waals surface area contributed by atoms with Crippen molar-refractivity contribution >= 4 is 34.1 Å². The van der Waals surface area contributed by atoms with Gasteiger partial charge in [0.15, 0.2) is 5.82 Å². The fraction of sp³-hybridized carbons (Fsp3) is 0.348. The van der Waals surface area contributed by atoms with Crippen molar-refractivity contribution < 1.29 is 24.4 Å². The lowest BCUT2D eigenvalue weighted by molar-refractivity contribution is -0.392. The van der Waals surface area contributed by atoms with Crippen molar-refractivity contribution in [1.82, 2.24) is 14.5 Å². The highest BCUT2D eigenvalue weighted by Crippen LogP contribution is 2.36. The first-order chi connectivity index (χ1) is 16.4. The van der Waals surface area contributed by atoms with Gasteiger partial charge in [0.05, 0.1) is 19.8 Å². The highest BCUT2D eigenvalue weighted by atomic mass is 16.6. The van der Waals surface area contributed by atoms with Gasteiger partial charge in [-0.25, -0.2) is 9.55 Å². The molecule has 2 aliphatic rings. The highest BCUT2D eigenvalue weighted by Gasteiger charge is 2.35. The third-order valence-electron chi connectivity index (χ3n) is 6.33. The van der Waals surface area contributed by atoms with Gasteiger partial charge in [-0.05, 0) is 23.1 Å². The monoisotopic (exact) mass is 465 g/mol. The number of aliphatic hydroxyl groups is 1. The Balaban J connectivity index is 1.45. The van der Waals surface area contributed by atoms with E-state index in [9.17, 15) is 24.8 Å². The molecule has 11 heteroatoms. The first-order valence-corrected chi connectivity index (χ1v) is 11.0. The molecule has 0 radical (unpaired) electrons. The molecule has 0 aliphatic carbocycles. The Labute approximate surface area is 194 Å². The van der Waals surface area contributed by atoms with Crippen molar-refractivity contribution in [2.24, 2.45) is 0 Å². The number of hydrogen-bond acceptors (Lipinski definition) is 8. The molecule has 1 atom stereocenters. The van der Waals surface area contributed by atoms with Crippen LogP contribution in [-0.2, 0) is 11.3 Å². The maximum Gasteiger partial charge on any atom is 0.342 e. The molecule has 2 amide bonds.